The van der Waals surface area contributed by atoms with Gasteiger partial charge in [0.05, 0.1) is 28.3 Å². The molecule has 0 N–H and O–H groups in total. The number of hydrogen-bond acceptors (Lipinski definition) is 5. The molecule has 0 saturated carbocycles. The van der Waals surface area contributed by atoms with Crippen molar-refractivity contribution in [1.82, 2.24) is 0 Å². The van der Waals surface area contributed by atoms with Crippen LogP contribution >= 0.6 is 31.9 Å². The predicted molar refractivity (Wildman–Crippen MR) is 141 cm³/mol. The van der Waals surface area contributed by atoms with Gasteiger partial charge >= 0.3 is 5.97 Å². The third-order valence-electron chi connectivity index (χ3n) is 3.37. The molecule has 0 spiro atoms. The van der Waals surface area contributed by atoms with Crippen molar-refractivity contribution in [3.05, 3.63) is 21.6 Å². The molecule has 0 aliphatic heterocycles. The molecule has 0 aliphatic carbocycles. The fourth-order valence-electron chi connectivity index (χ4n) is 2.68. The van der Waals surface area contributed by atoms with Crippen molar-refractivity contribution < 1.29 is 22.8 Å². The van der Waals surface area contributed by atoms with Gasteiger partial charge in [-0.1, -0.05) is 6.08 Å². The summed E-state index contributed by atoms with van der Waals surface area (Å²) in [5, 5.41) is 0. The van der Waals surface area contributed by atoms with E-state index < -0.39 is 25.0 Å². The summed E-state index contributed by atoms with van der Waals surface area (Å²) in [5.74, 6) is -0.343. The van der Waals surface area contributed by atoms with Gasteiger partial charge in [-0.25, -0.2) is 4.79 Å². The Morgan fingerprint density at radius 3 is 1.77 bits per heavy atom. The largest absolute Gasteiger partial charge is 0.463 e. The van der Waals surface area contributed by atoms with Gasteiger partial charge in [0.1, 0.15) is 0 Å². The molecular weight excluding hydrogens is 564 g/mol. The molecule has 0 radical (unpaired) electrons. The Labute approximate surface area is 203 Å². The lowest BCUT2D eigenvalue weighted by Crippen LogP contribution is -2.52. The van der Waals surface area contributed by atoms with Crippen molar-refractivity contribution in [2.75, 3.05) is 6.61 Å². The van der Waals surface area contributed by atoms with Crippen LogP contribution in [0.15, 0.2) is 21.6 Å². The molecule has 30 heavy (non-hydrogen) atoms. The summed E-state index contributed by atoms with van der Waals surface area (Å²) in [7, 11) is -5.70. The van der Waals surface area contributed by atoms with E-state index in [1.54, 1.807) is 6.92 Å². The van der Waals surface area contributed by atoms with Crippen molar-refractivity contribution in [3.63, 3.8) is 0 Å². The van der Waals surface area contributed by atoms with Crippen molar-refractivity contribution in [2.45, 2.75) is 90.6 Å². The first kappa shape index (κ1) is 30.4. The predicted octanol–water partition coefficient (Wildman–Crippen LogP) is 6.79. The molecule has 5 nitrogen and oxygen atoms in total. The first-order valence-electron chi connectivity index (χ1n) is 10.3. The Morgan fingerprint density at radius 1 is 0.867 bits per heavy atom. The van der Waals surface area contributed by atoms with E-state index in [1.807, 2.05) is 12.2 Å². The number of ether oxygens (including phenoxy) is 1. The number of hydrogen-bond donors (Lipinski definition) is 0. The van der Waals surface area contributed by atoms with Crippen molar-refractivity contribution in [1.29, 1.82) is 0 Å². The molecule has 0 heterocycles. The summed E-state index contributed by atoms with van der Waals surface area (Å²) in [6.07, 6.45) is 5.01. The normalized spacial score (nSPS) is 16.3. The van der Waals surface area contributed by atoms with E-state index in [4.69, 9.17) is 18.0 Å². The van der Waals surface area contributed by atoms with E-state index in [0.717, 1.165) is 3.39 Å². The maximum atomic E-state index is 11.8. The van der Waals surface area contributed by atoms with Gasteiger partial charge < -0.3 is 18.0 Å². The van der Waals surface area contributed by atoms with Gasteiger partial charge in [-0.3, -0.25) is 0 Å². The minimum absolute atomic E-state index is 0.244. The highest BCUT2D eigenvalue weighted by Crippen LogP contribution is 2.28. The summed E-state index contributed by atoms with van der Waals surface area (Å²) in [6.45, 7) is 21.6. The smallest absolute Gasteiger partial charge is 0.330 e. The fraction of sp³-hybridized carbons (Fsp3) is 0.750. The topological polar surface area (TPSA) is 54.0 Å². The highest BCUT2D eigenvalue weighted by Gasteiger charge is 2.38. The van der Waals surface area contributed by atoms with Gasteiger partial charge in [-0.2, -0.15) is 0 Å². The molecule has 10 heteroatoms. The van der Waals surface area contributed by atoms with E-state index in [-0.39, 0.29) is 24.3 Å². The Bertz CT molecular complexity index is 589. The summed E-state index contributed by atoms with van der Waals surface area (Å²) in [5.41, 5.74) is 0. The Morgan fingerprint density at radius 2 is 1.37 bits per heavy atom. The molecule has 0 aliphatic rings. The van der Waals surface area contributed by atoms with Crippen molar-refractivity contribution in [3.8, 4) is 0 Å². The molecule has 0 fully saturated rings. The Kier molecular flexibility index (Phi) is 13.4. The second-order valence-electron chi connectivity index (χ2n) is 10.0. The van der Waals surface area contributed by atoms with E-state index in [1.165, 1.54) is 6.08 Å². The van der Waals surface area contributed by atoms with Gasteiger partial charge in [-0.15, -0.1) is 0 Å². The van der Waals surface area contributed by atoms with Crippen LogP contribution in [0.4, 0.5) is 0 Å². The van der Waals surface area contributed by atoms with Crippen molar-refractivity contribution in [2.24, 2.45) is 0 Å². The zero-order chi connectivity index (χ0) is 23.8. The lowest BCUT2D eigenvalue weighted by molar-refractivity contribution is -0.137. The summed E-state index contributed by atoms with van der Waals surface area (Å²) >= 11 is 6.98. The molecular formula is C20H40Br2O5Si3. The molecule has 0 rings (SSSR count). The maximum Gasteiger partial charge on any atom is 0.330 e. The minimum Gasteiger partial charge on any atom is -0.463 e. The SMILES string of the molecule is CCOC(=O)/C=C/C[C@@H](O[Si](C)(C)C)[C@H](O[Si](C)(C)C)[C@@H](C=C(Br)Br)O[Si](C)(C)C. The third kappa shape index (κ3) is 16.1. The summed E-state index contributed by atoms with van der Waals surface area (Å²) < 4.78 is 25.6. The second-order valence-corrected chi connectivity index (χ2v) is 26.2. The lowest BCUT2D eigenvalue weighted by Gasteiger charge is -2.40. The average molecular weight is 605 g/mol. The quantitative estimate of drug-likeness (QED) is 0.132. The second kappa shape index (κ2) is 13.2. The van der Waals surface area contributed by atoms with E-state index in [0.29, 0.717) is 13.0 Å². The zero-order valence-electron chi connectivity index (χ0n) is 20.2. The van der Waals surface area contributed by atoms with Crippen LogP contribution in [0.3, 0.4) is 0 Å². The van der Waals surface area contributed by atoms with Crippen LogP contribution < -0.4 is 0 Å². The zero-order valence-corrected chi connectivity index (χ0v) is 26.3. The fourth-order valence-corrected chi connectivity index (χ4v) is 6.46. The van der Waals surface area contributed by atoms with Crippen LogP contribution in [0.5, 0.6) is 0 Å². The van der Waals surface area contributed by atoms with Gasteiger partial charge in [0, 0.05) is 6.08 Å². The highest BCUT2D eigenvalue weighted by atomic mass is 79.9. The molecule has 0 saturated heterocycles. The van der Waals surface area contributed by atoms with Crippen LogP contribution in [-0.2, 0) is 22.8 Å². The van der Waals surface area contributed by atoms with Gasteiger partial charge in [-0.05, 0) is 110 Å². The minimum atomic E-state index is -1.93. The molecule has 0 bridgehead atoms. The molecule has 0 aromatic heterocycles. The van der Waals surface area contributed by atoms with Gasteiger partial charge in [0.15, 0.2) is 25.0 Å². The Hall–Kier alpha value is 0.441. The van der Waals surface area contributed by atoms with E-state index in [9.17, 15) is 4.79 Å². The van der Waals surface area contributed by atoms with E-state index in [2.05, 4.69) is 90.8 Å². The summed E-state index contributed by atoms with van der Waals surface area (Å²) in [6, 6.07) is 0. The van der Waals surface area contributed by atoms with E-state index >= 15 is 0 Å². The van der Waals surface area contributed by atoms with Crippen molar-refractivity contribution >= 4 is 62.8 Å². The van der Waals surface area contributed by atoms with Crippen LogP contribution in [0.2, 0.25) is 58.9 Å². The molecule has 0 unspecified atom stereocenters. The lowest BCUT2D eigenvalue weighted by atomic mass is 10.1. The standard InChI is InChI=1S/C20H40Br2O5Si3/c1-11-24-19(23)14-12-13-16(25-28(2,3)4)20(27-30(8,9)10)17(15-18(21)22)26-29(5,6)7/h12,14-17,20H,11,13H2,1-10H3/b14-12+/t16-,17-,20+/m1/s1. The molecule has 0 amide bonds. The number of rotatable bonds is 13. The number of halogens is 2. The first-order valence-corrected chi connectivity index (χ1v) is 22.1. The highest BCUT2D eigenvalue weighted by molar-refractivity contribution is 9.28. The number of carbonyl (C=O) groups excluding carboxylic acids is 1. The molecule has 3 atom stereocenters. The van der Waals surface area contributed by atoms with Crippen LogP contribution in [-0.4, -0.2) is 55.8 Å². The number of carbonyl (C=O) groups is 1. The third-order valence-corrected chi connectivity index (χ3v) is 6.87. The van der Waals surface area contributed by atoms with Crippen LogP contribution in [0.25, 0.3) is 0 Å². The molecule has 0 aromatic rings. The van der Waals surface area contributed by atoms with Crippen LogP contribution in [0.1, 0.15) is 13.3 Å². The molecule has 176 valence electrons. The summed E-state index contributed by atoms with van der Waals surface area (Å²) in [4.78, 5) is 11.8. The monoisotopic (exact) mass is 602 g/mol. The number of esters is 1. The average Bonchev–Trinajstić information content (AvgIpc) is 2.47. The maximum absolute atomic E-state index is 11.8. The van der Waals surface area contributed by atoms with Gasteiger partial charge in [0.25, 0.3) is 0 Å². The molecule has 0 aromatic carbocycles. The van der Waals surface area contributed by atoms with Crippen LogP contribution in [0, 0.1) is 0 Å². The van der Waals surface area contributed by atoms with Gasteiger partial charge in [0.2, 0.25) is 0 Å². The Balaban J connectivity index is 6.09. The first-order chi connectivity index (χ1) is 13.4.